The van der Waals surface area contributed by atoms with Crippen LogP contribution in [0.2, 0.25) is 0 Å². The van der Waals surface area contributed by atoms with Crippen molar-refractivity contribution in [2.24, 2.45) is 0 Å². The maximum atomic E-state index is 9.49. The van der Waals surface area contributed by atoms with Gasteiger partial charge in [-0.2, -0.15) is 0 Å². The minimum Gasteiger partial charge on any atom is -0.506 e. The fraction of sp³-hybridized carbons (Fsp3) is 0.455. The van der Waals surface area contributed by atoms with Crippen LogP contribution in [0.25, 0.3) is 0 Å². The van der Waals surface area contributed by atoms with Crippen LogP contribution in [0, 0.1) is 0 Å². The van der Waals surface area contributed by atoms with E-state index < -0.39 is 0 Å². The van der Waals surface area contributed by atoms with Crippen molar-refractivity contribution in [1.82, 2.24) is 0 Å². The molecule has 0 aliphatic carbocycles. The molecule has 0 radical (unpaired) electrons. The SMILES string of the molecule is CCC(CC)Nc1ccccc1O. The molecule has 2 nitrogen and oxygen atoms in total. The van der Waals surface area contributed by atoms with Crippen LogP contribution in [0.15, 0.2) is 24.3 Å². The van der Waals surface area contributed by atoms with Gasteiger partial charge in [-0.05, 0) is 25.0 Å². The van der Waals surface area contributed by atoms with Crippen LogP contribution in [0.1, 0.15) is 26.7 Å². The lowest BCUT2D eigenvalue weighted by Crippen LogP contribution is -2.16. The van der Waals surface area contributed by atoms with E-state index in [1.807, 2.05) is 18.2 Å². The lowest BCUT2D eigenvalue weighted by atomic mass is 10.1. The molecular weight excluding hydrogens is 162 g/mol. The van der Waals surface area contributed by atoms with E-state index in [9.17, 15) is 5.11 Å². The zero-order valence-electron chi connectivity index (χ0n) is 8.25. The van der Waals surface area contributed by atoms with Crippen molar-refractivity contribution in [2.45, 2.75) is 32.7 Å². The van der Waals surface area contributed by atoms with E-state index in [1.54, 1.807) is 6.07 Å². The first-order valence-electron chi connectivity index (χ1n) is 4.82. The largest absolute Gasteiger partial charge is 0.506 e. The van der Waals surface area contributed by atoms with Crippen LogP contribution in [-0.4, -0.2) is 11.1 Å². The molecule has 0 spiro atoms. The average molecular weight is 179 g/mol. The molecule has 0 saturated carbocycles. The maximum absolute atomic E-state index is 9.49. The Morgan fingerprint density at radius 2 is 1.85 bits per heavy atom. The number of phenolic OH excluding ortho intramolecular Hbond substituents is 1. The fourth-order valence-corrected chi connectivity index (χ4v) is 1.31. The minimum atomic E-state index is 0.328. The Bertz CT molecular complexity index is 256. The predicted molar refractivity (Wildman–Crippen MR) is 56.1 cm³/mol. The van der Waals surface area contributed by atoms with Crippen LogP contribution in [0.4, 0.5) is 5.69 Å². The Balaban J connectivity index is 2.67. The Morgan fingerprint density at radius 3 is 2.38 bits per heavy atom. The van der Waals surface area contributed by atoms with Gasteiger partial charge in [0.25, 0.3) is 0 Å². The lowest BCUT2D eigenvalue weighted by molar-refractivity contribution is 0.475. The highest BCUT2D eigenvalue weighted by Gasteiger charge is 2.04. The van der Waals surface area contributed by atoms with Crippen LogP contribution < -0.4 is 5.32 Å². The zero-order chi connectivity index (χ0) is 9.68. The molecule has 1 rings (SSSR count). The van der Waals surface area contributed by atoms with Gasteiger partial charge in [-0.15, -0.1) is 0 Å². The van der Waals surface area contributed by atoms with Crippen molar-refractivity contribution in [2.75, 3.05) is 5.32 Å². The zero-order valence-corrected chi connectivity index (χ0v) is 8.25. The summed E-state index contributed by atoms with van der Waals surface area (Å²) in [6.07, 6.45) is 2.15. The third-order valence-electron chi connectivity index (χ3n) is 2.25. The molecule has 0 fully saturated rings. The van der Waals surface area contributed by atoms with E-state index in [1.165, 1.54) is 0 Å². The molecular formula is C11H17NO. The van der Waals surface area contributed by atoms with E-state index in [0.29, 0.717) is 11.8 Å². The summed E-state index contributed by atoms with van der Waals surface area (Å²) >= 11 is 0. The summed E-state index contributed by atoms with van der Waals surface area (Å²) in [5, 5.41) is 12.8. The molecule has 1 aromatic rings. The predicted octanol–water partition coefficient (Wildman–Crippen LogP) is 2.99. The second kappa shape index (κ2) is 4.75. The standard InChI is InChI=1S/C11H17NO/c1-3-9(4-2)12-10-7-5-6-8-11(10)13/h5-9,12-13H,3-4H2,1-2H3. The van der Waals surface area contributed by atoms with Gasteiger partial charge in [-0.25, -0.2) is 0 Å². The van der Waals surface area contributed by atoms with Gasteiger partial charge in [0.2, 0.25) is 0 Å². The molecule has 0 heterocycles. The van der Waals surface area contributed by atoms with Crippen molar-refractivity contribution < 1.29 is 5.11 Å². The smallest absolute Gasteiger partial charge is 0.138 e. The van der Waals surface area contributed by atoms with Crippen molar-refractivity contribution in [3.8, 4) is 5.75 Å². The highest BCUT2D eigenvalue weighted by Crippen LogP contribution is 2.23. The Kier molecular flexibility index (Phi) is 3.62. The number of hydrogen-bond donors (Lipinski definition) is 2. The van der Waals surface area contributed by atoms with Gasteiger partial charge in [0.1, 0.15) is 5.75 Å². The molecule has 13 heavy (non-hydrogen) atoms. The van der Waals surface area contributed by atoms with E-state index in [2.05, 4.69) is 19.2 Å². The van der Waals surface area contributed by atoms with E-state index in [-0.39, 0.29) is 0 Å². The first kappa shape index (κ1) is 9.90. The summed E-state index contributed by atoms with van der Waals surface area (Å²) in [6, 6.07) is 7.80. The highest BCUT2D eigenvalue weighted by molar-refractivity contribution is 5.55. The van der Waals surface area contributed by atoms with Gasteiger partial charge in [-0.3, -0.25) is 0 Å². The van der Waals surface area contributed by atoms with Gasteiger partial charge in [0.05, 0.1) is 5.69 Å². The lowest BCUT2D eigenvalue weighted by Gasteiger charge is -2.16. The van der Waals surface area contributed by atoms with E-state index in [4.69, 9.17) is 0 Å². The molecule has 0 unspecified atom stereocenters. The van der Waals surface area contributed by atoms with Gasteiger partial charge < -0.3 is 10.4 Å². The van der Waals surface area contributed by atoms with Crippen molar-refractivity contribution in [3.05, 3.63) is 24.3 Å². The molecule has 1 aromatic carbocycles. The number of anilines is 1. The summed E-state index contributed by atoms with van der Waals surface area (Å²) in [7, 11) is 0. The third kappa shape index (κ3) is 2.65. The van der Waals surface area contributed by atoms with Crippen molar-refractivity contribution in [3.63, 3.8) is 0 Å². The molecule has 0 bridgehead atoms. The number of phenols is 1. The molecule has 0 saturated heterocycles. The number of aromatic hydroxyl groups is 1. The van der Waals surface area contributed by atoms with Crippen molar-refractivity contribution in [1.29, 1.82) is 0 Å². The van der Waals surface area contributed by atoms with E-state index in [0.717, 1.165) is 18.5 Å². The fourth-order valence-electron chi connectivity index (χ4n) is 1.31. The minimum absolute atomic E-state index is 0.328. The monoisotopic (exact) mass is 179 g/mol. The summed E-state index contributed by atoms with van der Waals surface area (Å²) in [5.41, 5.74) is 0.830. The topological polar surface area (TPSA) is 32.3 Å². The molecule has 72 valence electrons. The molecule has 0 aliphatic heterocycles. The molecule has 0 atom stereocenters. The molecule has 2 N–H and O–H groups in total. The number of para-hydroxylation sites is 2. The third-order valence-corrected chi connectivity index (χ3v) is 2.25. The van der Waals surface area contributed by atoms with Crippen molar-refractivity contribution >= 4 is 5.69 Å². The first-order valence-corrected chi connectivity index (χ1v) is 4.82. The molecule has 0 amide bonds. The van der Waals surface area contributed by atoms with E-state index >= 15 is 0 Å². The van der Waals surface area contributed by atoms with Gasteiger partial charge in [-0.1, -0.05) is 26.0 Å². The molecule has 0 aromatic heterocycles. The number of hydrogen-bond acceptors (Lipinski definition) is 2. The Morgan fingerprint density at radius 1 is 1.23 bits per heavy atom. The number of rotatable bonds is 4. The van der Waals surface area contributed by atoms with Crippen LogP contribution in [-0.2, 0) is 0 Å². The second-order valence-corrected chi connectivity index (χ2v) is 3.17. The normalized spacial score (nSPS) is 10.4. The average Bonchev–Trinajstić information content (AvgIpc) is 2.17. The van der Waals surface area contributed by atoms with Gasteiger partial charge in [0, 0.05) is 6.04 Å². The van der Waals surface area contributed by atoms with Gasteiger partial charge >= 0.3 is 0 Å². The van der Waals surface area contributed by atoms with Crippen LogP contribution in [0.5, 0.6) is 5.75 Å². The number of benzene rings is 1. The quantitative estimate of drug-likeness (QED) is 0.696. The summed E-state index contributed by atoms with van der Waals surface area (Å²) in [5.74, 6) is 0.328. The first-order chi connectivity index (χ1) is 6.27. The summed E-state index contributed by atoms with van der Waals surface area (Å²) in [6.45, 7) is 4.28. The summed E-state index contributed by atoms with van der Waals surface area (Å²) < 4.78 is 0. The second-order valence-electron chi connectivity index (χ2n) is 3.17. The van der Waals surface area contributed by atoms with Crippen LogP contribution in [0.3, 0.4) is 0 Å². The Hall–Kier alpha value is -1.18. The summed E-state index contributed by atoms with van der Waals surface area (Å²) in [4.78, 5) is 0. The Labute approximate surface area is 79.6 Å². The molecule has 0 aliphatic rings. The van der Waals surface area contributed by atoms with Gasteiger partial charge in [0.15, 0.2) is 0 Å². The van der Waals surface area contributed by atoms with Crippen LogP contribution >= 0.6 is 0 Å². The highest BCUT2D eigenvalue weighted by atomic mass is 16.3. The molecule has 2 heteroatoms. The maximum Gasteiger partial charge on any atom is 0.138 e. The number of nitrogens with one attached hydrogen (secondary N) is 1.